The number of benzene rings is 1. The molecule has 0 saturated heterocycles. The van der Waals surface area contributed by atoms with Crippen molar-refractivity contribution in [3.63, 3.8) is 0 Å². The van der Waals surface area contributed by atoms with Crippen LogP contribution in [0.5, 0.6) is 0 Å². The van der Waals surface area contributed by atoms with E-state index in [1.807, 2.05) is 45.0 Å². The Kier molecular flexibility index (Phi) is 3.49. The van der Waals surface area contributed by atoms with Crippen LogP contribution in [0.25, 0.3) is 5.69 Å². The highest BCUT2D eigenvalue weighted by molar-refractivity contribution is 9.10. The van der Waals surface area contributed by atoms with Gasteiger partial charge in [-0.2, -0.15) is 5.10 Å². The Hall–Kier alpha value is -1.62. The normalized spacial score (nSPS) is 11.6. The summed E-state index contributed by atoms with van der Waals surface area (Å²) in [6.45, 7) is 6.09. The molecule has 2 rings (SSSR count). The van der Waals surface area contributed by atoms with Gasteiger partial charge in [0.1, 0.15) is 0 Å². The summed E-state index contributed by atoms with van der Waals surface area (Å²) in [6, 6.07) is 9.24. The van der Waals surface area contributed by atoms with Gasteiger partial charge in [-0.25, -0.2) is 9.48 Å². The lowest BCUT2D eigenvalue weighted by Gasteiger charge is -2.20. The summed E-state index contributed by atoms with van der Waals surface area (Å²) >= 11 is 3.47. The molecule has 0 saturated carbocycles. The zero-order valence-corrected chi connectivity index (χ0v) is 12.6. The molecule has 0 aliphatic rings. The highest BCUT2D eigenvalue weighted by Gasteiger charge is 2.24. The first-order valence-corrected chi connectivity index (χ1v) is 6.69. The van der Waals surface area contributed by atoms with Crippen molar-refractivity contribution < 1.29 is 9.90 Å². The molecule has 0 spiro atoms. The Morgan fingerprint density at radius 2 is 1.95 bits per heavy atom. The van der Waals surface area contributed by atoms with E-state index < -0.39 is 5.97 Å². The van der Waals surface area contributed by atoms with Gasteiger partial charge in [-0.05, 0) is 34.1 Å². The van der Waals surface area contributed by atoms with Gasteiger partial charge in [0.05, 0.1) is 11.4 Å². The Morgan fingerprint density at radius 1 is 1.32 bits per heavy atom. The third-order valence-corrected chi connectivity index (χ3v) is 3.45. The van der Waals surface area contributed by atoms with E-state index in [0.29, 0.717) is 0 Å². The topological polar surface area (TPSA) is 55.1 Å². The van der Waals surface area contributed by atoms with Crippen LogP contribution in [-0.2, 0) is 5.41 Å². The molecular weight excluding hydrogens is 308 g/mol. The minimum Gasteiger partial charge on any atom is -0.476 e. The zero-order valence-electron chi connectivity index (χ0n) is 11.0. The van der Waals surface area contributed by atoms with Crippen molar-refractivity contribution in [3.05, 3.63) is 46.2 Å². The van der Waals surface area contributed by atoms with Gasteiger partial charge in [-0.15, -0.1) is 0 Å². The third-order valence-electron chi connectivity index (χ3n) is 2.78. The van der Waals surface area contributed by atoms with Crippen LogP contribution >= 0.6 is 15.9 Å². The van der Waals surface area contributed by atoms with Crippen LogP contribution in [0.1, 0.15) is 37.0 Å². The number of hydrogen-bond acceptors (Lipinski definition) is 2. The number of carboxylic acids is 1. The number of carboxylic acid groups (broad SMARTS) is 1. The molecular formula is C14H15BrN2O2. The molecule has 1 aromatic heterocycles. The molecule has 0 aliphatic heterocycles. The summed E-state index contributed by atoms with van der Waals surface area (Å²) in [5, 5.41) is 13.3. The number of halogens is 1. The average molecular weight is 323 g/mol. The molecule has 0 amide bonds. The van der Waals surface area contributed by atoms with Crippen molar-refractivity contribution in [1.82, 2.24) is 9.78 Å². The lowest BCUT2D eigenvalue weighted by atomic mass is 9.91. The van der Waals surface area contributed by atoms with Crippen molar-refractivity contribution in [2.45, 2.75) is 26.2 Å². The fourth-order valence-electron chi connectivity index (χ4n) is 1.83. The summed E-state index contributed by atoms with van der Waals surface area (Å²) in [6.07, 6.45) is 0. The van der Waals surface area contributed by atoms with E-state index in [-0.39, 0.29) is 11.1 Å². The van der Waals surface area contributed by atoms with Crippen molar-refractivity contribution in [2.24, 2.45) is 0 Å². The SMILES string of the molecule is CC(C)(C)c1cc(C(=O)O)nn1-c1ccccc1Br. The predicted molar refractivity (Wildman–Crippen MR) is 76.9 cm³/mol. The molecule has 0 atom stereocenters. The molecule has 0 fully saturated rings. The number of para-hydroxylation sites is 1. The number of rotatable bonds is 2. The van der Waals surface area contributed by atoms with Crippen molar-refractivity contribution >= 4 is 21.9 Å². The maximum absolute atomic E-state index is 11.1. The minimum atomic E-state index is -1.02. The Morgan fingerprint density at radius 3 is 2.47 bits per heavy atom. The zero-order chi connectivity index (χ0) is 14.2. The van der Waals surface area contributed by atoms with Crippen LogP contribution in [-0.4, -0.2) is 20.9 Å². The van der Waals surface area contributed by atoms with E-state index in [1.165, 1.54) is 0 Å². The molecule has 19 heavy (non-hydrogen) atoms. The van der Waals surface area contributed by atoms with Gasteiger partial charge < -0.3 is 5.11 Å². The molecule has 2 aromatic rings. The molecule has 1 aromatic carbocycles. The molecule has 100 valence electrons. The summed E-state index contributed by atoms with van der Waals surface area (Å²) < 4.78 is 2.56. The van der Waals surface area contributed by atoms with Crippen LogP contribution < -0.4 is 0 Å². The summed E-state index contributed by atoms with van der Waals surface area (Å²) in [5.74, 6) is -1.02. The summed E-state index contributed by atoms with van der Waals surface area (Å²) in [7, 11) is 0. The average Bonchev–Trinajstić information content (AvgIpc) is 2.74. The van der Waals surface area contributed by atoms with E-state index in [0.717, 1.165) is 15.9 Å². The van der Waals surface area contributed by atoms with Crippen LogP contribution in [0, 0.1) is 0 Å². The monoisotopic (exact) mass is 322 g/mol. The first-order chi connectivity index (χ1) is 8.80. The van der Waals surface area contributed by atoms with Gasteiger partial charge in [0.25, 0.3) is 0 Å². The van der Waals surface area contributed by atoms with Crippen molar-refractivity contribution in [3.8, 4) is 5.69 Å². The summed E-state index contributed by atoms with van der Waals surface area (Å²) in [4.78, 5) is 11.1. The highest BCUT2D eigenvalue weighted by Crippen LogP contribution is 2.29. The van der Waals surface area contributed by atoms with Crippen molar-refractivity contribution in [2.75, 3.05) is 0 Å². The molecule has 1 N–H and O–H groups in total. The van der Waals surface area contributed by atoms with E-state index in [2.05, 4.69) is 21.0 Å². The van der Waals surface area contributed by atoms with E-state index in [1.54, 1.807) is 10.7 Å². The molecule has 0 radical (unpaired) electrons. The van der Waals surface area contributed by atoms with Gasteiger partial charge in [-0.3, -0.25) is 0 Å². The first-order valence-electron chi connectivity index (χ1n) is 5.89. The van der Waals surface area contributed by atoms with E-state index in [9.17, 15) is 4.79 Å². The molecule has 1 heterocycles. The fourth-order valence-corrected chi connectivity index (χ4v) is 2.28. The maximum Gasteiger partial charge on any atom is 0.356 e. The van der Waals surface area contributed by atoms with Gasteiger partial charge in [0.2, 0.25) is 0 Å². The first kappa shape index (κ1) is 13.8. The Balaban J connectivity index is 2.69. The number of nitrogens with zero attached hydrogens (tertiary/aromatic N) is 2. The Bertz CT molecular complexity index is 627. The van der Waals surface area contributed by atoms with Crippen LogP contribution in [0.2, 0.25) is 0 Å². The molecule has 0 aliphatic carbocycles. The fraction of sp³-hybridized carbons (Fsp3) is 0.286. The van der Waals surface area contributed by atoms with E-state index in [4.69, 9.17) is 5.11 Å². The van der Waals surface area contributed by atoms with Gasteiger partial charge in [0, 0.05) is 9.89 Å². The second-order valence-corrected chi connectivity index (χ2v) is 6.19. The van der Waals surface area contributed by atoms with Crippen LogP contribution in [0.4, 0.5) is 0 Å². The lowest BCUT2D eigenvalue weighted by Crippen LogP contribution is -2.17. The smallest absolute Gasteiger partial charge is 0.356 e. The van der Waals surface area contributed by atoms with Crippen molar-refractivity contribution in [1.29, 1.82) is 0 Å². The number of hydrogen-bond donors (Lipinski definition) is 1. The molecule has 0 bridgehead atoms. The molecule has 0 unspecified atom stereocenters. The molecule has 4 nitrogen and oxygen atoms in total. The quantitative estimate of drug-likeness (QED) is 0.918. The van der Waals surface area contributed by atoms with Crippen LogP contribution in [0.15, 0.2) is 34.8 Å². The second-order valence-electron chi connectivity index (χ2n) is 5.33. The summed E-state index contributed by atoms with van der Waals surface area (Å²) in [5.41, 5.74) is 1.55. The maximum atomic E-state index is 11.1. The van der Waals surface area contributed by atoms with Crippen LogP contribution in [0.3, 0.4) is 0 Å². The number of aromatic nitrogens is 2. The van der Waals surface area contributed by atoms with E-state index >= 15 is 0 Å². The minimum absolute atomic E-state index is 0.0562. The highest BCUT2D eigenvalue weighted by atomic mass is 79.9. The van der Waals surface area contributed by atoms with Gasteiger partial charge in [-0.1, -0.05) is 32.9 Å². The number of carbonyl (C=O) groups is 1. The number of aromatic carboxylic acids is 1. The predicted octanol–water partition coefficient (Wildman–Crippen LogP) is 3.63. The third kappa shape index (κ3) is 2.71. The van der Waals surface area contributed by atoms with Gasteiger partial charge >= 0.3 is 5.97 Å². The second kappa shape index (κ2) is 4.81. The Labute approximate surface area is 120 Å². The molecule has 5 heteroatoms. The standard InChI is InChI=1S/C14H15BrN2O2/c1-14(2,3)12-8-10(13(18)19)16-17(12)11-7-5-4-6-9(11)15/h4-8H,1-3H3,(H,18,19). The largest absolute Gasteiger partial charge is 0.476 e. The lowest BCUT2D eigenvalue weighted by molar-refractivity contribution is 0.0690. The van der Waals surface area contributed by atoms with Gasteiger partial charge in [0.15, 0.2) is 5.69 Å².